The summed E-state index contributed by atoms with van der Waals surface area (Å²) in [5.74, 6) is 0. The quantitative estimate of drug-likeness (QED) is 0.672. The van der Waals surface area contributed by atoms with E-state index < -0.39 is 0 Å². The summed E-state index contributed by atoms with van der Waals surface area (Å²) in [5.41, 5.74) is 0.201. The highest BCUT2D eigenvalue weighted by molar-refractivity contribution is 9.11. The Morgan fingerprint density at radius 3 is 2.46 bits per heavy atom. The fraction of sp³-hybridized carbons (Fsp3) is 0.176. The monoisotopic (exact) mass is 470 g/mol. The number of thiophene rings is 1. The van der Waals surface area contributed by atoms with E-state index in [0.717, 1.165) is 25.1 Å². The fourth-order valence-electron chi connectivity index (χ4n) is 1.86. The Kier molecular flexibility index (Phi) is 6.77. The van der Waals surface area contributed by atoms with Gasteiger partial charge in [0.1, 0.15) is 10.7 Å². The molecule has 7 heteroatoms. The van der Waals surface area contributed by atoms with Gasteiger partial charge in [-0.25, -0.2) is 0 Å². The van der Waals surface area contributed by atoms with Crippen molar-refractivity contribution in [2.45, 2.75) is 20.3 Å². The molecule has 0 aliphatic heterocycles. The Morgan fingerprint density at radius 1 is 1.17 bits per heavy atom. The van der Waals surface area contributed by atoms with Gasteiger partial charge >= 0.3 is 0 Å². The van der Waals surface area contributed by atoms with Gasteiger partial charge in [0.2, 0.25) is 0 Å². The maximum Gasteiger partial charge on any atom is 0.272 e. The van der Waals surface area contributed by atoms with Crippen molar-refractivity contribution in [2.24, 2.45) is 0 Å². The number of aromatic nitrogens is 2. The van der Waals surface area contributed by atoms with Crippen LogP contribution in [0.4, 0.5) is 0 Å². The molecule has 126 valence electrons. The number of aromatic amines is 2. The summed E-state index contributed by atoms with van der Waals surface area (Å²) in [6, 6.07) is 3.76. The second-order valence-electron chi connectivity index (χ2n) is 5.04. The van der Waals surface area contributed by atoms with Crippen LogP contribution in [-0.4, -0.2) is 9.97 Å². The lowest BCUT2D eigenvalue weighted by atomic mass is 10.2. The molecule has 2 aromatic heterocycles. The molecule has 0 fully saturated rings. The molecule has 0 saturated heterocycles. The van der Waals surface area contributed by atoms with Gasteiger partial charge in [-0.3, -0.25) is 9.59 Å². The second kappa shape index (κ2) is 8.60. The molecule has 0 bridgehead atoms. The van der Waals surface area contributed by atoms with E-state index in [-0.39, 0.29) is 21.8 Å². The van der Waals surface area contributed by atoms with E-state index in [9.17, 15) is 9.59 Å². The minimum absolute atomic E-state index is 0.235. The van der Waals surface area contributed by atoms with Crippen LogP contribution in [0.3, 0.4) is 0 Å². The average molecular weight is 472 g/mol. The zero-order valence-corrected chi connectivity index (χ0v) is 17.1. The molecule has 0 saturated carbocycles. The molecule has 0 aliphatic rings. The first-order valence-electron chi connectivity index (χ1n) is 7.23. The summed E-state index contributed by atoms with van der Waals surface area (Å²) < 4.78 is 2.02. The molecule has 2 rings (SSSR count). The Bertz CT molecular complexity index is 1030. The van der Waals surface area contributed by atoms with Crippen LogP contribution >= 0.6 is 43.2 Å². The smallest absolute Gasteiger partial charge is 0.272 e. The molecule has 2 N–H and O–H groups in total. The molecule has 0 aliphatic carbocycles. The van der Waals surface area contributed by atoms with Gasteiger partial charge in [0.25, 0.3) is 11.1 Å². The zero-order chi connectivity index (χ0) is 17.7. The van der Waals surface area contributed by atoms with Crippen LogP contribution in [0, 0.1) is 0 Å². The third-order valence-corrected chi connectivity index (χ3v) is 5.50. The number of halogens is 2. The van der Waals surface area contributed by atoms with Crippen molar-refractivity contribution in [3.63, 3.8) is 0 Å². The van der Waals surface area contributed by atoms with Crippen LogP contribution in [0.25, 0.3) is 12.2 Å². The lowest BCUT2D eigenvalue weighted by Gasteiger charge is -1.93. The highest BCUT2D eigenvalue weighted by atomic mass is 79.9. The van der Waals surface area contributed by atoms with Crippen LogP contribution in [0.1, 0.15) is 25.1 Å². The molecule has 2 aromatic rings. The molecule has 0 radical (unpaired) electrons. The van der Waals surface area contributed by atoms with Crippen molar-refractivity contribution in [3.8, 4) is 0 Å². The first kappa shape index (κ1) is 18.9. The van der Waals surface area contributed by atoms with Gasteiger partial charge in [-0.05, 0) is 63.6 Å². The average Bonchev–Trinajstić information content (AvgIpc) is 2.95. The number of allylic oxidation sites excluding steroid dienone is 4. The lowest BCUT2D eigenvalue weighted by Crippen LogP contribution is -2.46. The number of hydrogen-bond donors (Lipinski definition) is 2. The number of hydrogen-bond acceptors (Lipinski definition) is 3. The molecule has 2 heterocycles. The SMILES string of the molecule is CC\C(Br)=C/C=C(C)/C=c1\[nH]c(=O)/c(=C/c2ccc(Br)s2)[nH]c1=O. The molecule has 0 amide bonds. The molecule has 4 nitrogen and oxygen atoms in total. The number of rotatable bonds is 4. The van der Waals surface area contributed by atoms with Crippen LogP contribution < -0.4 is 21.8 Å². The molecular weight excluding hydrogens is 456 g/mol. The van der Waals surface area contributed by atoms with Crippen molar-refractivity contribution >= 4 is 55.3 Å². The molecular formula is C17H16Br2N2O2S. The van der Waals surface area contributed by atoms with Gasteiger partial charge in [-0.2, -0.15) is 0 Å². The number of H-pyrrole nitrogens is 2. The predicted molar refractivity (Wildman–Crippen MR) is 108 cm³/mol. The van der Waals surface area contributed by atoms with E-state index in [1.54, 1.807) is 12.2 Å². The highest BCUT2D eigenvalue weighted by Gasteiger charge is 1.98. The molecule has 0 unspecified atom stereocenters. The highest BCUT2D eigenvalue weighted by Crippen LogP contribution is 2.22. The van der Waals surface area contributed by atoms with Crippen LogP contribution in [0.2, 0.25) is 0 Å². The van der Waals surface area contributed by atoms with Gasteiger partial charge in [0.15, 0.2) is 0 Å². The summed E-state index contributed by atoms with van der Waals surface area (Å²) in [4.78, 5) is 30.5. The second-order valence-corrected chi connectivity index (χ2v) is 8.56. The van der Waals surface area contributed by atoms with Crippen LogP contribution in [0.5, 0.6) is 0 Å². The van der Waals surface area contributed by atoms with Crippen molar-refractivity contribution in [1.82, 2.24) is 9.97 Å². The molecule has 0 aromatic carbocycles. The molecule has 0 atom stereocenters. The summed E-state index contributed by atoms with van der Waals surface area (Å²) in [6.45, 7) is 3.91. The van der Waals surface area contributed by atoms with E-state index in [1.807, 2.05) is 38.1 Å². The Balaban J connectivity index is 2.48. The summed E-state index contributed by atoms with van der Waals surface area (Å²) in [6.07, 6.45) is 8.01. The van der Waals surface area contributed by atoms with E-state index in [1.165, 1.54) is 11.3 Å². The van der Waals surface area contributed by atoms with Crippen molar-refractivity contribution < 1.29 is 0 Å². The lowest BCUT2D eigenvalue weighted by molar-refractivity contribution is 1.00. The van der Waals surface area contributed by atoms with E-state index in [2.05, 4.69) is 41.8 Å². The van der Waals surface area contributed by atoms with E-state index >= 15 is 0 Å². The van der Waals surface area contributed by atoms with Crippen molar-refractivity contribution in [1.29, 1.82) is 0 Å². The Hall–Kier alpha value is -1.44. The zero-order valence-electron chi connectivity index (χ0n) is 13.2. The Morgan fingerprint density at radius 2 is 1.83 bits per heavy atom. The topological polar surface area (TPSA) is 65.7 Å². The van der Waals surface area contributed by atoms with E-state index in [0.29, 0.717) is 0 Å². The standard InChI is InChI=1S/C17H16Br2N2O2S/c1-3-11(18)5-4-10(2)8-13-16(22)21-14(17(23)20-13)9-12-6-7-15(19)24-12/h4-9H,3H2,1-2H3,(H,20,23)(H,21,22)/b10-4+,11-5+,13-8-,14-9-. The van der Waals surface area contributed by atoms with Gasteiger partial charge in [-0.15, -0.1) is 11.3 Å². The third kappa shape index (κ3) is 5.29. The maximum atomic E-state index is 12.2. The largest absolute Gasteiger partial charge is 0.316 e. The van der Waals surface area contributed by atoms with E-state index in [4.69, 9.17) is 0 Å². The minimum atomic E-state index is -0.331. The first-order chi connectivity index (χ1) is 11.4. The predicted octanol–water partition coefficient (Wildman–Crippen LogP) is 3.13. The van der Waals surface area contributed by atoms with Gasteiger partial charge < -0.3 is 9.97 Å². The Labute approximate surface area is 159 Å². The number of nitrogens with one attached hydrogen (secondary N) is 2. The minimum Gasteiger partial charge on any atom is -0.316 e. The maximum absolute atomic E-state index is 12.2. The molecule has 24 heavy (non-hydrogen) atoms. The van der Waals surface area contributed by atoms with Crippen molar-refractivity contribution in [3.05, 3.63) is 74.4 Å². The van der Waals surface area contributed by atoms with Gasteiger partial charge in [-0.1, -0.05) is 35.0 Å². The normalized spacial score (nSPS) is 14.5. The summed E-state index contributed by atoms with van der Waals surface area (Å²) in [7, 11) is 0. The van der Waals surface area contributed by atoms with Gasteiger partial charge in [0, 0.05) is 4.88 Å². The summed E-state index contributed by atoms with van der Waals surface area (Å²) in [5, 5.41) is 0.473. The fourth-order valence-corrected chi connectivity index (χ4v) is 3.36. The molecule has 0 spiro atoms. The first-order valence-corrected chi connectivity index (χ1v) is 9.63. The van der Waals surface area contributed by atoms with Crippen LogP contribution in [-0.2, 0) is 0 Å². The third-order valence-electron chi connectivity index (χ3n) is 3.10. The summed E-state index contributed by atoms with van der Waals surface area (Å²) >= 11 is 8.28. The van der Waals surface area contributed by atoms with Gasteiger partial charge in [0.05, 0.1) is 3.79 Å². The van der Waals surface area contributed by atoms with Crippen molar-refractivity contribution in [2.75, 3.05) is 0 Å². The van der Waals surface area contributed by atoms with Crippen LogP contribution in [0.15, 0.2) is 47.7 Å².